The summed E-state index contributed by atoms with van der Waals surface area (Å²) in [4.78, 5) is 13.6. The van der Waals surface area contributed by atoms with Crippen molar-refractivity contribution in [3.63, 3.8) is 0 Å². The molecule has 1 aromatic carbocycles. The van der Waals surface area contributed by atoms with Gasteiger partial charge >= 0.3 is 0 Å². The fourth-order valence-corrected chi connectivity index (χ4v) is 3.39. The van der Waals surface area contributed by atoms with Crippen molar-refractivity contribution in [2.24, 2.45) is 5.73 Å². The summed E-state index contributed by atoms with van der Waals surface area (Å²) in [7, 11) is 0. The van der Waals surface area contributed by atoms with Crippen LogP contribution < -0.4 is 16.0 Å². The van der Waals surface area contributed by atoms with Gasteiger partial charge in [-0.3, -0.25) is 4.79 Å². The van der Waals surface area contributed by atoms with E-state index < -0.39 is 0 Å². The molecule has 0 radical (unpaired) electrons. The molecule has 2 unspecified atom stereocenters. The molecule has 1 amide bonds. The Balaban J connectivity index is 1.53. The maximum Gasteiger partial charge on any atom is 0.227 e. The van der Waals surface area contributed by atoms with Gasteiger partial charge in [0.2, 0.25) is 5.91 Å². The van der Waals surface area contributed by atoms with E-state index in [1.165, 1.54) is 18.4 Å². The Hall–Kier alpha value is -1.39. The predicted molar refractivity (Wildman–Crippen MR) is 85.1 cm³/mol. The smallest absolute Gasteiger partial charge is 0.227 e. The Bertz CT molecular complexity index is 485. The number of nitrogens with zero attached hydrogens (tertiary/aromatic N) is 1. The Labute approximate surface area is 126 Å². The lowest BCUT2D eigenvalue weighted by Crippen LogP contribution is -2.39. The van der Waals surface area contributed by atoms with E-state index in [9.17, 15) is 4.79 Å². The van der Waals surface area contributed by atoms with E-state index in [0.717, 1.165) is 38.0 Å². The van der Waals surface area contributed by atoms with Crippen molar-refractivity contribution < 1.29 is 4.79 Å². The molecule has 1 aliphatic heterocycles. The number of amides is 1. The van der Waals surface area contributed by atoms with E-state index in [2.05, 4.69) is 29.6 Å². The van der Waals surface area contributed by atoms with Gasteiger partial charge in [0, 0.05) is 37.3 Å². The lowest BCUT2D eigenvalue weighted by Gasteiger charge is -2.27. The zero-order valence-electron chi connectivity index (χ0n) is 12.6. The molecule has 1 aromatic rings. The van der Waals surface area contributed by atoms with Crippen LogP contribution in [0, 0.1) is 0 Å². The number of anilines is 1. The summed E-state index contributed by atoms with van der Waals surface area (Å²) in [6, 6.07) is 9.28. The molecule has 2 fully saturated rings. The molecule has 2 aliphatic rings. The third-order valence-electron chi connectivity index (χ3n) is 4.63. The normalized spacial score (nSPS) is 26.3. The van der Waals surface area contributed by atoms with Gasteiger partial charge in [-0.25, -0.2) is 0 Å². The van der Waals surface area contributed by atoms with Crippen LogP contribution in [0.4, 0.5) is 5.69 Å². The van der Waals surface area contributed by atoms with Gasteiger partial charge in [-0.2, -0.15) is 0 Å². The third-order valence-corrected chi connectivity index (χ3v) is 4.63. The topological polar surface area (TPSA) is 58.4 Å². The summed E-state index contributed by atoms with van der Waals surface area (Å²) in [6.45, 7) is 1.74. The first-order chi connectivity index (χ1) is 10.2. The van der Waals surface area contributed by atoms with Crippen molar-refractivity contribution in [3.8, 4) is 0 Å². The number of carbonyl (C=O) groups excluding carboxylic acids is 1. The summed E-state index contributed by atoms with van der Waals surface area (Å²) in [6.07, 6.45) is 6.37. The van der Waals surface area contributed by atoms with Gasteiger partial charge in [0.25, 0.3) is 0 Å². The van der Waals surface area contributed by atoms with E-state index in [-0.39, 0.29) is 5.91 Å². The zero-order valence-corrected chi connectivity index (χ0v) is 12.6. The Morgan fingerprint density at radius 2 is 2.00 bits per heavy atom. The number of rotatable bonds is 4. The molecular weight excluding hydrogens is 262 g/mol. The van der Waals surface area contributed by atoms with Gasteiger partial charge in [0.05, 0.1) is 0 Å². The van der Waals surface area contributed by atoms with Crippen LogP contribution in [0.25, 0.3) is 0 Å². The van der Waals surface area contributed by atoms with Gasteiger partial charge in [-0.1, -0.05) is 18.6 Å². The fourth-order valence-electron chi connectivity index (χ4n) is 3.39. The molecule has 4 nitrogen and oxygen atoms in total. The van der Waals surface area contributed by atoms with Gasteiger partial charge < -0.3 is 16.0 Å². The van der Waals surface area contributed by atoms with Crippen molar-refractivity contribution in [2.45, 2.75) is 57.2 Å². The summed E-state index contributed by atoms with van der Waals surface area (Å²) < 4.78 is 0. The molecule has 114 valence electrons. The van der Waals surface area contributed by atoms with Crippen LogP contribution in [0.3, 0.4) is 0 Å². The molecule has 1 aliphatic carbocycles. The monoisotopic (exact) mass is 287 g/mol. The number of hydrogen-bond donors (Lipinski definition) is 2. The number of benzene rings is 1. The summed E-state index contributed by atoms with van der Waals surface area (Å²) in [5, 5.41) is 3.61. The highest BCUT2D eigenvalue weighted by molar-refractivity contribution is 5.95. The first kappa shape index (κ1) is 14.5. The fraction of sp³-hybridized carbons (Fsp3) is 0.588. The van der Waals surface area contributed by atoms with Crippen molar-refractivity contribution in [1.82, 2.24) is 5.32 Å². The highest BCUT2D eigenvalue weighted by Gasteiger charge is 2.21. The molecule has 4 heteroatoms. The first-order valence-corrected chi connectivity index (χ1v) is 8.10. The molecule has 3 rings (SSSR count). The highest BCUT2D eigenvalue weighted by atomic mass is 16.2. The summed E-state index contributed by atoms with van der Waals surface area (Å²) in [5.41, 5.74) is 8.32. The first-order valence-electron chi connectivity index (χ1n) is 8.10. The number of nitrogens with two attached hydrogens (primary N) is 1. The molecule has 2 atom stereocenters. The quantitative estimate of drug-likeness (QED) is 0.892. The Morgan fingerprint density at radius 1 is 1.19 bits per heavy atom. The zero-order chi connectivity index (χ0) is 14.7. The van der Waals surface area contributed by atoms with E-state index >= 15 is 0 Å². The van der Waals surface area contributed by atoms with Crippen molar-refractivity contribution >= 4 is 11.6 Å². The van der Waals surface area contributed by atoms with Crippen molar-refractivity contribution in [1.29, 1.82) is 0 Å². The number of carbonyl (C=O) groups is 1. The van der Waals surface area contributed by atoms with E-state index in [0.29, 0.717) is 18.5 Å². The second-order valence-corrected chi connectivity index (χ2v) is 6.32. The van der Waals surface area contributed by atoms with Crippen molar-refractivity contribution in [2.75, 3.05) is 11.4 Å². The minimum atomic E-state index is 0.247. The molecule has 21 heavy (non-hydrogen) atoms. The maximum atomic E-state index is 11.7. The maximum absolute atomic E-state index is 11.7. The van der Waals surface area contributed by atoms with Crippen LogP contribution >= 0.6 is 0 Å². The molecule has 3 N–H and O–H groups in total. The minimum Gasteiger partial charge on any atom is -0.328 e. The van der Waals surface area contributed by atoms with E-state index in [1.54, 1.807) is 0 Å². The van der Waals surface area contributed by atoms with Crippen LogP contribution in [0.5, 0.6) is 0 Å². The van der Waals surface area contributed by atoms with Crippen LogP contribution in [0.2, 0.25) is 0 Å². The third kappa shape index (κ3) is 3.63. The highest BCUT2D eigenvalue weighted by Crippen LogP contribution is 2.22. The second kappa shape index (κ2) is 6.58. The molecule has 1 heterocycles. The predicted octanol–water partition coefficient (Wildman–Crippen LogP) is 2.17. The van der Waals surface area contributed by atoms with Crippen LogP contribution in [-0.4, -0.2) is 24.5 Å². The van der Waals surface area contributed by atoms with Crippen LogP contribution in [-0.2, 0) is 11.3 Å². The summed E-state index contributed by atoms with van der Waals surface area (Å²) in [5.74, 6) is 0.247. The minimum absolute atomic E-state index is 0.247. The van der Waals surface area contributed by atoms with Crippen LogP contribution in [0.15, 0.2) is 24.3 Å². The molecule has 0 aromatic heterocycles. The second-order valence-electron chi connectivity index (χ2n) is 6.32. The van der Waals surface area contributed by atoms with Gasteiger partial charge in [-0.15, -0.1) is 0 Å². The standard InChI is InChI=1S/C17H25N3O/c18-14-3-1-4-15(11-14)19-12-13-6-8-16(9-7-13)20-10-2-5-17(20)21/h6-9,14-15,19H,1-5,10-12,18H2. The average molecular weight is 287 g/mol. The lowest BCUT2D eigenvalue weighted by atomic mass is 9.91. The Morgan fingerprint density at radius 3 is 2.67 bits per heavy atom. The molecule has 0 spiro atoms. The van der Waals surface area contributed by atoms with Gasteiger partial charge in [-0.05, 0) is 43.4 Å². The largest absolute Gasteiger partial charge is 0.328 e. The average Bonchev–Trinajstić information content (AvgIpc) is 2.92. The molecule has 1 saturated carbocycles. The SMILES string of the molecule is NC1CCCC(NCc2ccc(N3CCCC3=O)cc2)C1. The lowest BCUT2D eigenvalue weighted by molar-refractivity contribution is -0.117. The summed E-state index contributed by atoms with van der Waals surface area (Å²) >= 11 is 0. The Kier molecular flexibility index (Phi) is 4.56. The van der Waals surface area contributed by atoms with E-state index in [1.807, 2.05) is 4.90 Å². The molecular formula is C17H25N3O. The van der Waals surface area contributed by atoms with Crippen LogP contribution in [0.1, 0.15) is 44.1 Å². The molecule has 1 saturated heterocycles. The van der Waals surface area contributed by atoms with E-state index in [4.69, 9.17) is 5.73 Å². The number of hydrogen-bond acceptors (Lipinski definition) is 3. The number of nitrogens with one attached hydrogen (secondary N) is 1. The molecule has 0 bridgehead atoms. The van der Waals surface area contributed by atoms with Gasteiger partial charge in [0.1, 0.15) is 0 Å². The van der Waals surface area contributed by atoms with Crippen molar-refractivity contribution in [3.05, 3.63) is 29.8 Å². The van der Waals surface area contributed by atoms with Gasteiger partial charge in [0.15, 0.2) is 0 Å².